The summed E-state index contributed by atoms with van der Waals surface area (Å²) in [5, 5.41) is 4.18. The van der Waals surface area contributed by atoms with E-state index in [1.165, 1.54) is 0 Å². The maximum absolute atomic E-state index is 11.8. The fraction of sp³-hybridized carbons (Fsp3) is 0.556. The summed E-state index contributed by atoms with van der Waals surface area (Å²) in [5.41, 5.74) is 1.13. The Morgan fingerprint density at radius 2 is 2.08 bits per heavy atom. The molecule has 0 aromatic heterocycles. The smallest absolute Gasteiger partial charge is 0.309 e. The monoisotopic (exact) mass is 351 g/mol. The Balaban J connectivity index is 1.79. The lowest BCUT2D eigenvalue weighted by atomic mass is 9.97. The van der Waals surface area contributed by atoms with Crippen LogP contribution >= 0.6 is 11.6 Å². The van der Waals surface area contributed by atoms with Gasteiger partial charge in [0.25, 0.3) is 0 Å². The molecule has 1 aliphatic rings. The van der Waals surface area contributed by atoms with Crippen LogP contribution < -0.4 is 5.32 Å². The zero-order valence-corrected chi connectivity index (χ0v) is 15.2. The highest BCUT2D eigenvalue weighted by atomic mass is 35.5. The quantitative estimate of drug-likeness (QED) is 0.503. The maximum atomic E-state index is 11.8. The Hall–Kier alpha value is -1.75. The topological polar surface area (TPSA) is 53.9 Å². The molecule has 5 nitrogen and oxygen atoms in total. The molecule has 0 atom stereocenters. The van der Waals surface area contributed by atoms with E-state index in [1.807, 2.05) is 31.2 Å². The number of ether oxygens (including phenoxy) is 1. The molecule has 1 aliphatic heterocycles. The van der Waals surface area contributed by atoms with Crippen LogP contribution in [0.3, 0.4) is 0 Å². The van der Waals surface area contributed by atoms with E-state index in [-0.39, 0.29) is 11.9 Å². The van der Waals surface area contributed by atoms with Gasteiger partial charge in [-0.05, 0) is 37.8 Å². The summed E-state index contributed by atoms with van der Waals surface area (Å²) < 4.78 is 5.11. The molecule has 1 aromatic carbocycles. The number of hydrogen-bond donors (Lipinski definition) is 1. The van der Waals surface area contributed by atoms with Gasteiger partial charge >= 0.3 is 5.97 Å². The average molecular weight is 352 g/mol. The number of benzene rings is 1. The summed E-state index contributed by atoms with van der Waals surface area (Å²) in [6.45, 7) is 4.70. The second kappa shape index (κ2) is 9.52. The lowest BCUT2D eigenvalue weighted by Crippen LogP contribution is -2.47. The molecule has 2 rings (SSSR count). The molecule has 0 aliphatic carbocycles. The summed E-state index contributed by atoms with van der Waals surface area (Å²) in [4.78, 5) is 18.4. The van der Waals surface area contributed by atoms with Crippen molar-refractivity contribution in [3.05, 3.63) is 34.9 Å². The van der Waals surface area contributed by atoms with Crippen molar-refractivity contribution < 1.29 is 9.53 Å². The fourth-order valence-corrected chi connectivity index (χ4v) is 3.16. The standard InChI is InChI=1S/C18H26ClN3O2/c1-3-24-17(23)15-9-12-22(13-10-15)18(20-2)21-11-8-14-6-4-5-7-16(14)19/h4-7,15H,3,8-13H2,1-2H3,(H,20,21). The SMILES string of the molecule is CCOC(=O)C1CCN(C(=NC)NCCc2ccccc2Cl)CC1. The van der Waals surface area contributed by atoms with Crippen LogP contribution in [0.2, 0.25) is 5.02 Å². The third-order valence-corrected chi connectivity index (χ3v) is 4.63. The third-order valence-electron chi connectivity index (χ3n) is 4.26. The Labute approximate surface area is 149 Å². The number of halogens is 1. The van der Waals surface area contributed by atoms with Gasteiger partial charge in [0.1, 0.15) is 0 Å². The van der Waals surface area contributed by atoms with Gasteiger partial charge in [-0.25, -0.2) is 0 Å². The minimum Gasteiger partial charge on any atom is -0.466 e. The van der Waals surface area contributed by atoms with Gasteiger partial charge in [-0.1, -0.05) is 29.8 Å². The van der Waals surface area contributed by atoms with Crippen molar-refractivity contribution in [1.29, 1.82) is 0 Å². The van der Waals surface area contributed by atoms with Gasteiger partial charge in [0, 0.05) is 31.7 Å². The first-order chi connectivity index (χ1) is 11.7. The highest BCUT2D eigenvalue weighted by Crippen LogP contribution is 2.19. The molecule has 0 amide bonds. The second-order valence-corrected chi connectivity index (χ2v) is 6.24. The van der Waals surface area contributed by atoms with Crippen LogP contribution in [0.25, 0.3) is 0 Å². The molecule has 1 saturated heterocycles. The molecular formula is C18H26ClN3O2. The van der Waals surface area contributed by atoms with Crippen molar-refractivity contribution in [2.75, 3.05) is 33.3 Å². The van der Waals surface area contributed by atoms with E-state index in [9.17, 15) is 4.79 Å². The number of piperidine rings is 1. The Morgan fingerprint density at radius 1 is 1.38 bits per heavy atom. The number of rotatable bonds is 5. The molecule has 1 heterocycles. The zero-order valence-electron chi connectivity index (χ0n) is 14.4. The predicted molar refractivity (Wildman–Crippen MR) is 97.4 cm³/mol. The van der Waals surface area contributed by atoms with Crippen molar-refractivity contribution in [1.82, 2.24) is 10.2 Å². The van der Waals surface area contributed by atoms with Crippen molar-refractivity contribution >= 4 is 23.5 Å². The summed E-state index contributed by atoms with van der Waals surface area (Å²) in [7, 11) is 1.79. The molecule has 0 spiro atoms. The maximum Gasteiger partial charge on any atom is 0.309 e. The number of esters is 1. The van der Waals surface area contributed by atoms with Gasteiger partial charge in [0.15, 0.2) is 5.96 Å². The normalized spacial score (nSPS) is 16.1. The lowest BCUT2D eigenvalue weighted by Gasteiger charge is -2.33. The first-order valence-corrected chi connectivity index (χ1v) is 8.89. The molecule has 0 bridgehead atoms. The molecule has 24 heavy (non-hydrogen) atoms. The van der Waals surface area contributed by atoms with E-state index in [0.29, 0.717) is 6.61 Å². The molecule has 1 fully saturated rings. The van der Waals surface area contributed by atoms with Gasteiger partial charge < -0.3 is 15.0 Å². The van der Waals surface area contributed by atoms with Crippen molar-refractivity contribution in [2.24, 2.45) is 10.9 Å². The minimum absolute atomic E-state index is 0.0161. The Kier molecular flexibility index (Phi) is 7.37. The first-order valence-electron chi connectivity index (χ1n) is 8.51. The Bertz CT molecular complexity index is 569. The largest absolute Gasteiger partial charge is 0.466 e. The van der Waals surface area contributed by atoms with Crippen LogP contribution in [0.5, 0.6) is 0 Å². The van der Waals surface area contributed by atoms with Gasteiger partial charge in [-0.3, -0.25) is 9.79 Å². The van der Waals surface area contributed by atoms with Crippen LogP contribution in [0.15, 0.2) is 29.3 Å². The van der Waals surface area contributed by atoms with Gasteiger partial charge in [-0.15, -0.1) is 0 Å². The summed E-state index contributed by atoms with van der Waals surface area (Å²) in [5.74, 6) is 0.825. The number of aliphatic imine (C=N–C) groups is 1. The van der Waals surface area contributed by atoms with Crippen molar-refractivity contribution in [3.63, 3.8) is 0 Å². The van der Waals surface area contributed by atoms with Crippen LogP contribution in [-0.2, 0) is 16.0 Å². The average Bonchev–Trinajstić information content (AvgIpc) is 2.61. The number of guanidine groups is 1. The third kappa shape index (κ3) is 5.13. The predicted octanol–water partition coefficient (Wildman–Crippen LogP) is 2.73. The molecule has 0 unspecified atom stereocenters. The number of likely N-dealkylation sites (tertiary alicyclic amines) is 1. The second-order valence-electron chi connectivity index (χ2n) is 5.83. The lowest BCUT2D eigenvalue weighted by molar-refractivity contribution is -0.149. The van der Waals surface area contributed by atoms with E-state index in [0.717, 1.165) is 55.4 Å². The number of carbonyl (C=O) groups excluding carboxylic acids is 1. The highest BCUT2D eigenvalue weighted by molar-refractivity contribution is 6.31. The zero-order chi connectivity index (χ0) is 17.4. The van der Waals surface area contributed by atoms with Crippen LogP contribution in [-0.4, -0.2) is 50.1 Å². The molecule has 132 valence electrons. The number of nitrogens with zero attached hydrogens (tertiary/aromatic N) is 2. The molecule has 1 aromatic rings. The molecule has 6 heteroatoms. The van der Waals surface area contributed by atoms with Gasteiger partial charge in [0.05, 0.1) is 12.5 Å². The first kappa shape index (κ1) is 18.6. The van der Waals surface area contributed by atoms with E-state index in [4.69, 9.17) is 16.3 Å². The molecular weight excluding hydrogens is 326 g/mol. The van der Waals surface area contributed by atoms with Crippen molar-refractivity contribution in [2.45, 2.75) is 26.2 Å². The highest BCUT2D eigenvalue weighted by Gasteiger charge is 2.27. The van der Waals surface area contributed by atoms with Gasteiger partial charge in [0.2, 0.25) is 0 Å². The van der Waals surface area contributed by atoms with Crippen LogP contribution in [0, 0.1) is 5.92 Å². The summed E-state index contributed by atoms with van der Waals surface area (Å²) >= 11 is 6.18. The minimum atomic E-state index is -0.0705. The fourth-order valence-electron chi connectivity index (χ4n) is 2.93. The van der Waals surface area contributed by atoms with Crippen LogP contribution in [0.4, 0.5) is 0 Å². The van der Waals surface area contributed by atoms with E-state index < -0.39 is 0 Å². The summed E-state index contributed by atoms with van der Waals surface area (Å²) in [6.07, 6.45) is 2.46. The summed E-state index contributed by atoms with van der Waals surface area (Å²) in [6, 6.07) is 7.88. The Morgan fingerprint density at radius 3 is 2.71 bits per heavy atom. The van der Waals surface area contributed by atoms with E-state index in [1.54, 1.807) is 7.05 Å². The van der Waals surface area contributed by atoms with E-state index >= 15 is 0 Å². The number of carbonyl (C=O) groups is 1. The van der Waals surface area contributed by atoms with Gasteiger partial charge in [-0.2, -0.15) is 0 Å². The molecule has 0 radical (unpaired) electrons. The van der Waals surface area contributed by atoms with E-state index in [2.05, 4.69) is 15.2 Å². The molecule has 0 saturated carbocycles. The number of nitrogens with one attached hydrogen (secondary N) is 1. The molecule has 1 N–H and O–H groups in total. The van der Waals surface area contributed by atoms with Crippen molar-refractivity contribution in [3.8, 4) is 0 Å². The van der Waals surface area contributed by atoms with Crippen LogP contribution in [0.1, 0.15) is 25.3 Å². The number of hydrogen-bond acceptors (Lipinski definition) is 3.